The van der Waals surface area contributed by atoms with Gasteiger partial charge in [0.15, 0.2) is 0 Å². The standard InChI is InChI=1S/C56H53BN2S/c1-54(2,3)40-24-27-43(28-25-40)59-49-35-42(56(7,8)9)34-48-52(49)57(51-45-33-41(55(4,5)6)26-30-50(45)60-53(51)59)46-29-23-39(37-19-14-11-15-20-37)32-47(46)58(48)44-22-16-21-38(31-44)36-17-12-10-13-18-36/h10-35H,1-9H3. The van der Waals surface area contributed by atoms with Crippen molar-refractivity contribution in [2.45, 2.75) is 78.6 Å². The van der Waals surface area contributed by atoms with E-state index in [0.717, 1.165) is 5.69 Å². The third-order valence-electron chi connectivity index (χ3n) is 12.7. The third kappa shape index (κ3) is 6.39. The van der Waals surface area contributed by atoms with E-state index >= 15 is 0 Å². The largest absolute Gasteiger partial charge is 0.311 e. The molecule has 0 spiro atoms. The zero-order valence-corrected chi connectivity index (χ0v) is 37.2. The number of fused-ring (bicyclic) bond motifs is 6. The fourth-order valence-corrected chi connectivity index (χ4v) is 10.6. The quantitative estimate of drug-likeness (QED) is 0.164. The molecular formula is C56H53BN2S. The van der Waals surface area contributed by atoms with Gasteiger partial charge in [-0.05, 0) is 125 Å². The number of anilines is 6. The monoisotopic (exact) mass is 796 g/mol. The lowest BCUT2D eigenvalue weighted by Crippen LogP contribution is -2.61. The summed E-state index contributed by atoms with van der Waals surface area (Å²) in [6, 6.07) is 59.7. The summed E-state index contributed by atoms with van der Waals surface area (Å²) in [6.07, 6.45) is 0. The molecule has 60 heavy (non-hydrogen) atoms. The molecule has 4 heteroatoms. The minimum Gasteiger partial charge on any atom is -0.311 e. The second-order valence-corrected chi connectivity index (χ2v) is 20.9. The molecule has 296 valence electrons. The van der Waals surface area contributed by atoms with Crippen molar-refractivity contribution in [1.29, 1.82) is 0 Å². The summed E-state index contributed by atoms with van der Waals surface area (Å²) in [5, 5.41) is 2.67. The van der Waals surface area contributed by atoms with Crippen LogP contribution in [0.5, 0.6) is 0 Å². The van der Waals surface area contributed by atoms with E-state index in [1.807, 2.05) is 11.3 Å². The lowest BCUT2D eigenvalue weighted by molar-refractivity contribution is 0.590. The average Bonchev–Trinajstić information content (AvgIpc) is 3.61. The minimum absolute atomic E-state index is 0.0143. The predicted octanol–water partition coefficient (Wildman–Crippen LogP) is 14.2. The fraction of sp³-hybridized carbons (Fsp3) is 0.214. The number of rotatable bonds is 4. The van der Waals surface area contributed by atoms with Gasteiger partial charge in [0, 0.05) is 33.1 Å². The first-order chi connectivity index (χ1) is 28.6. The van der Waals surface area contributed by atoms with Crippen LogP contribution in [-0.2, 0) is 16.2 Å². The Morgan fingerprint density at radius 1 is 0.400 bits per heavy atom. The number of hydrogen-bond acceptors (Lipinski definition) is 3. The van der Waals surface area contributed by atoms with Crippen LogP contribution in [0.4, 0.5) is 33.4 Å². The Morgan fingerprint density at radius 2 is 0.967 bits per heavy atom. The molecule has 2 aliphatic heterocycles. The molecule has 0 saturated heterocycles. The Balaban J connectivity index is 1.33. The van der Waals surface area contributed by atoms with Crippen LogP contribution in [0, 0.1) is 0 Å². The molecule has 0 fully saturated rings. The fourth-order valence-electron chi connectivity index (χ4n) is 9.32. The van der Waals surface area contributed by atoms with Crippen LogP contribution < -0.4 is 26.2 Å². The molecular weight excluding hydrogens is 744 g/mol. The highest BCUT2D eigenvalue weighted by atomic mass is 32.1. The Morgan fingerprint density at radius 3 is 1.58 bits per heavy atom. The van der Waals surface area contributed by atoms with Gasteiger partial charge in [0.25, 0.3) is 6.71 Å². The van der Waals surface area contributed by atoms with Crippen LogP contribution in [0.3, 0.4) is 0 Å². The van der Waals surface area contributed by atoms with E-state index < -0.39 is 0 Å². The SMILES string of the molecule is CC(C)(C)c1ccc(N2c3cc(C(C)(C)C)cc4c3B(c3ccc(-c5ccccc5)cc3N4c3cccc(-c4ccccc4)c3)c3c2sc2ccc(C(C)(C)C)cc32)cc1. The van der Waals surface area contributed by atoms with Crippen LogP contribution in [0.15, 0.2) is 158 Å². The molecule has 7 aromatic carbocycles. The highest BCUT2D eigenvalue weighted by Crippen LogP contribution is 2.50. The normalized spacial score (nSPS) is 13.7. The molecule has 0 radical (unpaired) electrons. The lowest BCUT2D eigenvalue weighted by Gasteiger charge is -2.44. The first-order valence-electron chi connectivity index (χ1n) is 21.5. The van der Waals surface area contributed by atoms with Crippen molar-refractivity contribution in [1.82, 2.24) is 0 Å². The molecule has 0 saturated carbocycles. The van der Waals surface area contributed by atoms with Gasteiger partial charge >= 0.3 is 0 Å². The Hall–Kier alpha value is -5.84. The summed E-state index contributed by atoms with van der Waals surface area (Å²) in [5.74, 6) is 0. The Labute approximate surface area is 361 Å². The van der Waals surface area contributed by atoms with E-state index in [-0.39, 0.29) is 23.0 Å². The predicted molar refractivity (Wildman–Crippen MR) is 263 cm³/mol. The van der Waals surface area contributed by atoms with E-state index in [4.69, 9.17) is 0 Å². The van der Waals surface area contributed by atoms with Crippen molar-refractivity contribution >= 4 is 78.0 Å². The first-order valence-corrected chi connectivity index (χ1v) is 22.3. The molecule has 2 nitrogen and oxygen atoms in total. The van der Waals surface area contributed by atoms with Gasteiger partial charge in [-0.15, -0.1) is 11.3 Å². The smallest absolute Gasteiger partial charge is 0.254 e. The van der Waals surface area contributed by atoms with Gasteiger partial charge in [-0.2, -0.15) is 0 Å². The maximum Gasteiger partial charge on any atom is 0.254 e. The van der Waals surface area contributed by atoms with Crippen molar-refractivity contribution in [2.24, 2.45) is 0 Å². The van der Waals surface area contributed by atoms with E-state index in [9.17, 15) is 0 Å². The number of nitrogens with zero attached hydrogens (tertiary/aromatic N) is 2. The van der Waals surface area contributed by atoms with Crippen molar-refractivity contribution in [2.75, 3.05) is 9.80 Å². The summed E-state index contributed by atoms with van der Waals surface area (Å²) in [6.45, 7) is 21.0. The van der Waals surface area contributed by atoms with Crippen LogP contribution in [-0.4, -0.2) is 6.71 Å². The highest BCUT2D eigenvalue weighted by Gasteiger charge is 2.46. The Bertz CT molecular complexity index is 2920. The summed E-state index contributed by atoms with van der Waals surface area (Å²) in [5.41, 5.74) is 19.1. The molecule has 8 aromatic rings. The van der Waals surface area contributed by atoms with Crippen molar-refractivity contribution in [3.63, 3.8) is 0 Å². The molecule has 3 heterocycles. The maximum atomic E-state index is 2.61. The lowest BCUT2D eigenvalue weighted by atomic mass is 9.33. The maximum absolute atomic E-state index is 2.61. The molecule has 0 atom stereocenters. The molecule has 0 aliphatic carbocycles. The molecule has 0 unspecified atom stereocenters. The zero-order valence-electron chi connectivity index (χ0n) is 36.4. The van der Waals surface area contributed by atoms with E-state index in [1.54, 1.807) is 0 Å². The molecule has 0 amide bonds. The minimum atomic E-state index is -0.103. The first kappa shape index (κ1) is 38.4. The number of benzene rings is 7. The van der Waals surface area contributed by atoms with Crippen LogP contribution in [0.2, 0.25) is 0 Å². The van der Waals surface area contributed by atoms with Gasteiger partial charge in [-0.25, -0.2) is 0 Å². The summed E-state index contributed by atoms with van der Waals surface area (Å²) >= 11 is 1.94. The number of thiophene rings is 1. The highest BCUT2D eigenvalue weighted by molar-refractivity contribution is 7.26. The van der Waals surface area contributed by atoms with Crippen LogP contribution >= 0.6 is 11.3 Å². The second-order valence-electron chi connectivity index (χ2n) is 19.9. The molecule has 2 aliphatic rings. The number of hydrogen-bond donors (Lipinski definition) is 0. The van der Waals surface area contributed by atoms with E-state index in [1.165, 1.54) is 93.2 Å². The molecule has 1 aromatic heterocycles. The summed E-state index contributed by atoms with van der Waals surface area (Å²) < 4.78 is 1.33. The molecule has 0 N–H and O–H groups in total. The summed E-state index contributed by atoms with van der Waals surface area (Å²) in [4.78, 5) is 5.19. The van der Waals surface area contributed by atoms with Crippen LogP contribution in [0.25, 0.3) is 32.3 Å². The van der Waals surface area contributed by atoms with Crippen molar-refractivity contribution < 1.29 is 0 Å². The summed E-state index contributed by atoms with van der Waals surface area (Å²) in [7, 11) is 0. The van der Waals surface area contributed by atoms with Gasteiger partial charge in [0.1, 0.15) is 0 Å². The molecule has 0 bridgehead atoms. The van der Waals surface area contributed by atoms with Gasteiger partial charge in [0.2, 0.25) is 0 Å². The second kappa shape index (κ2) is 13.9. The topological polar surface area (TPSA) is 6.48 Å². The van der Waals surface area contributed by atoms with Gasteiger partial charge in [-0.3, -0.25) is 0 Å². The third-order valence-corrected chi connectivity index (χ3v) is 13.9. The average molecular weight is 797 g/mol. The Kier molecular flexibility index (Phi) is 8.86. The zero-order chi connectivity index (χ0) is 41.7. The van der Waals surface area contributed by atoms with Crippen LogP contribution in [0.1, 0.15) is 79.0 Å². The van der Waals surface area contributed by atoms with Gasteiger partial charge < -0.3 is 9.80 Å². The van der Waals surface area contributed by atoms with Crippen molar-refractivity contribution in [3.8, 4) is 22.3 Å². The van der Waals surface area contributed by atoms with E-state index in [0.29, 0.717) is 0 Å². The van der Waals surface area contributed by atoms with E-state index in [2.05, 4.69) is 230 Å². The van der Waals surface area contributed by atoms with Crippen molar-refractivity contribution in [3.05, 3.63) is 174 Å². The molecule has 10 rings (SSSR count). The van der Waals surface area contributed by atoms with Gasteiger partial charge in [0.05, 0.1) is 5.00 Å². The van der Waals surface area contributed by atoms with Gasteiger partial charge in [-0.1, -0.05) is 172 Å².